The third kappa shape index (κ3) is 3.40. The van der Waals surface area contributed by atoms with Crippen molar-refractivity contribution in [2.75, 3.05) is 11.5 Å². The molecule has 0 bridgehead atoms. The minimum Gasteiger partial charge on any atom is -0.368 e. The number of nitrogens with one attached hydrogen (secondary N) is 1. The lowest BCUT2D eigenvalue weighted by Crippen LogP contribution is -2.13. The molecule has 7 heteroatoms. The monoisotopic (exact) mass is 261 g/mol. The number of H-pyrrole nitrogens is 1. The standard InChI is InChI=1S/C12H19N7/c1-2-3-4-5-8(9-15-6-7-16-9)10-17-11(13)19-12(14)18-10/h6-8H,2-5H2,1H3,(H,15,16)(H4,13,14,17,18,19). The van der Waals surface area contributed by atoms with Crippen molar-refractivity contribution < 1.29 is 0 Å². The molecule has 2 rings (SSSR count). The number of anilines is 2. The molecule has 1 unspecified atom stereocenters. The summed E-state index contributed by atoms with van der Waals surface area (Å²) in [5.74, 6) is 1.69. The lowest BCUT2D eigenvalue weighted by molar-refractivity contribution is 0.580. The van der Waals surface area contributed by atoms with Gasteiger partial charge in [-0.25, -0.2) is 4.98 Å². The molecule has 0 radical (unpaired) electrons. The molecular formula is C12H19N7. The third-order valence-electron chi connectivity index (χ3n) is 2.94. The Kier molecular flexibility index (Phi) is 4.27. The number of aromatic amines is 1. The maximum atomic E-state index is 5.63. The van der Waals surface area contributed by atoms with E-state index in [-0.39, 0.29) is 17.8 Å². The zero-order chi connectivity index (χ0) is 13.7. The zero-order valence-corrected chi connectivity index (χ0v) is 11.0. The molecular weight excluding hydrogens is 242 g/mol. The minimum absolute atomic E-state index is 0.0193. The number of nitrogens with two attached hydrogens (primary N) is 2. The molecule has 7 nitrogen and oxygen atoms in total. The van der Waals surface area contributed by atoms with E-state index in [1.54, 1.807) is 12.4 Å². The summed E-state index contributed by atoms with van der Waals surface area (Å²) in [6.07, 6.45) is 7.81. The molecule has 0 saturated heterocycles. The Morgan fingerprint density at radius 3 is 2.47 bits per heavy atom. The van der Waals surface area contributed by atoms with Crippen LogP contribution in [0.1, 0.15) is 50.2 Å². The first-order valence-corrected chi connectivity index (χ1v) is 6.47. The maximum absolute atomic E-state index is 5.63. The van der Waals surface area contributed by atoms with Crippen molar-refractivity contribution in [2.24, 2.45) is 0 Å². The minimum atomic E-state index is -0.0193. The maximum Gasteiger partial charge on any atom is 0.225 e. The topological polar surface area (TPSA) is 119 Å². The largest absolute Gasteiger partial charge is 0.368 e. The fraction of sp³-hybridized carbons (Fsp3) is 0.500. The average molecular weight is 261 g/mol. The molecule has 5 N–H and O–H groups in total. The van der Waals surface area contributed by atoms with Crippen molar-refractivity contribution in [2.45, 2.75) is 38.5 Å². The Bertz CT molecular complexity index is 489. The van der Waals surface area contributed by atoms with E-state index < -0.39 is 0 Å². The average Bonchev–Trinajstić information content (AvgIpc) is 2.87. The smallest absolute Gasteiger partial charge is 0.225 e. The van der Waals surface area contributed by atoms with Gasteiger partial charge in [-0.1, -0.05) is 26.2 Å². The van der Waals surface area contributed by atoms with E-state index in [1.807, 2.05) is 0 Å². The van der Waals surface area contributed by atoms with E-state index in [4.69, 9.17) is 11.5 Å². The molecule has 0 saturated carbocycles. The van der Waals surface area contributed by atoms with Crippen LogP contribution in [0.25, 0.3) is 0 Å². The van der Waals surface area contributed by atoms with Gasteiger partial charge in [-0.05, 0) is 6.42 Å². The molecule has 1 atom stereocenters. The molecule has 0 fully saturated rings. The molecule has 0 aliphatic rings. The van der Waals surface area contributed by atoms with E-state index in [0.29, 0.717) is 5.82 Å². The third-order valence-corrected chi connectivity index (χ3v) is 2.94. The predicted molar refractivity (Wildman–Crippen MR) is 73.2 cm³/mol. The molecule has 0 aliphatic carbocycles. The summed E-state index contributed by atoms with van der Waals surface area (Å²) >= 11 is 0. The van der Waals surface area contributed by atoms with Crippen LogP contribution in [0.3, 0.4) is 0 Å². The summed E-state index contributed by atoms with van der Waals surface area (Å²) < 4.78 is 0. The molecule has 19 heavy (non-hydrogen) atoms. The summed E-state index contributed by atoms with van der Waals surface area (Å²) in [4.78, 5) is 19.6. The summed E-state index contributed by atoms with van der Waals surface area (Å²) in [6.45, 7) is 2.17. The van der Waals surface area contributed by atoms with E-state index in [0.717, 1.165) is 31.5 Å². The Labute approximate surface area is 111 Å². The highest BCUT2D eigenvalue weighted by Gasteiger charge is 2.20. The fourth-order valence-corrected chi connectivity index (χ4v) is 2.04. The molecule has 0 spiro atoms. The van der Waals surface area contributed by atoms with Crippen LogP contribution in [0, 0.1) is 0 Å². The van der Waals surface area contributed by atoms with Gasteiger partial charge in [0.05, 0.1) is 5.92 Å². The summed E-state index contributed by atoms with van der Waals surface area (Å²) in [5, 5.41) is 0. The van der Waals surface area contributed by atoms with E-state index >= 15 is 0 Å². The van der Waals surface area contributed by atoms with Gasteiger partial charge in [-0.2, -0.15) is 15.0 Å². The van der Waals surface area contributed by atoms with Crippen LogP contribution in [0.4, 0.5) is 11.9 Å². The highest BCUT2D eigenvalue weighted by Crippen LogP contribution is 2.25. The number of hydrogen-bond acceptors (Lipinski definition) is 6. The second-order valence-corrected chi connectivity index (χ2v) is 4.43. The van der Waals surface area contributed by atoms with Crippen molar-refractivity contribution in [3.63, 3.8) is 0 Å². The normalized spacial score (nSPS) is 12.5. The second-order valence-electron chi connectivity index (χ2n) is 4.43. The van der Waals surface area contributed by atoms with E-state index in [2.05, 4.69) is 31.8 Å². The van der Waals surface area contributed by atoms with Gasteiger partial charge < -0.3 is 16.5 Å². The molecule has 0 amide bonds. The second kappa shape index (κ2) is 6.12. The van der Waals surface area contributed by atoms with Crippen LogP contribution >= 0.6 is 0 Å². The van der Waals surface area contributed by atoms with Crippen molar-refractivity contribution >= 4 is 11.9 Å². The fourth-order valence-electron chi connectivity index (χ4n) is 2.04. The first kappa shape index (κ1) is 13.3. The van der Waals surface area contributed by atoms with Gasteiger partial charge in [0.1, 0.15) is 11.6 Å². The number of imidazole rings is 1. The summed E-state index contributed by atoms with van der Waals surface area (Å²) in [6, 6.07) is 0. The van der Waals surface area contributed by atoms with Crippen molar-refractivity contribution in [1.82, 2.24) is 24.9 Å². The number of unbranched alkanes of at least 4 members (excludes halogenated alkanes) is 2. The Morgan fingerprint density at radius 2 is 1.89 bits per heavy atom. The first-order valence-electron chi connectivity index (χ1n) is 6.47. The van der Waals surface area contributed by atoms with E-state index in [9.17, 15) is 0 Å². The van der Waals surface area contributed by atoms with Crippen molar-refractivity contribution in [3.05, 3.63) is 24.0 Å². The Balaban J connectivity index is 2.25. The summed E-state index contributed by atoms with van der Waals surface area (Å²) in [7, 11) is 0. The van der Waals surface area contributed by atoms with Gasteiger partial charge >= 0.3 is 0 Å². The number of aromatic nitrogens is 5. The predicted octanol–water partition coefficient (Wildman–Crippen LogP) is 1.47. The quantitative estimate of drug-likeness (QED) is 0.677. The summed E-state index contributed by atoms with van der Waals surface area (Å²) in [5.41, 5.74) is 11.3. The van der Waals surface area contributed by atoms with E-state index in [1.165, 1.54) is 0 Å². The van der Waals surface area contributed by atoms with Crippen LogP contribution in [-0.4, -0.2) is 24.9 Å². The Hall–Kier alpha value is -2.18. The molecule has 2 aromatic rings. The zero-order valence-electron chi connectivity index (χ0n) is 11.0. The Morgan fingerprint density at radius 1 is 1.16 bits per heavy atom. The number of nitrogen functional groups attached to an aromatic ring is 2. The van der Waals surface area contributed by atoms with Crippen LogP contribution < -0.4 is 11.5 Å². The number of hydrogen-bond donors (Lipinski definition) is 3. The molecule has 2 aromatic heterocycles. The van der Waals surface area contributed by atoms with Crippen molar-refractivity contribution in [3.8, 4) is 0 Å². The van der Waals surface area contributed by atoms with Gasteiger partial charge in [0.25, 0.3) is 0 Å². The first-order chi connectivity index (χ1) is 9.20. The van der Waals surface area contributed by atoms with Crippen LogP contribution in [0.2, 0.25) is 0 Å². The van der Waals surface area contributed by atoms with Gasteiger partial charge in [-0.3, -0.25) is 0 Å². The van der Waals surface area contributed by atoms with Crippen LogP contribution in [0.15, 0.2) is 12.4 Å². The molecule has 2 heterocycles. The molecule has 102 valence electrons. The highest BCUT2D eigenvalue weighted by molar-refractivity contribution is 5.28. The van der Waals surface area contributed by atoms with Gasteiger partial charge in [0.15, 0.2) is 0 Å². The molecule has 0 aliphatic heterocycles. The SMILES string of the molecule is CCCCCC(c1nc(N)nc(N)n1)c1ncc[nH]1. The van der Waals surface area contributed by atoms with Crippen LogP contribution in [-0.2, 0) is 0 Å². The van der Waals surface area contributed by atoms with Crippen molar-refractivity contribution in [1.29, 1.82) is 0 Å². The van der Waals surface area contributed by atoms with Gasteiger partial charge in [0.2, 0.25) is 11.9 Å². The highest BCUT2D eigenvalue weighted by atomic mass is 15.1. The van der Waals surface area contributed by atoms with Gasteiger partial charge in [-0.15, -0.1) is 0 Å². The van der Waals surface area contributed by atoms with Crippen LogP contribution in [0.5, 0.6) is 0 Å². The lowest BCUT2D eigenvalue weighted by Gasteiger charge is -2.13. The number of rotatable bonds is 6. The van der Waals surface area contributed by atoms with Gasteiger partial charge in [0, 0.05) is 12.4 Å². The lowest BCUT2D eigenvalue weighted by atomic mass is 9.99. The number of nitrogens with zero attached hydrogens (tertiary/aromatic N) is 4. The molecule has 0 aromatic carbocycles.